The van der Waals surface area contributed by atoms with Crippen molar-refractivity contribution in [2.24, 2.45) is 0 Å². The van der Waals surface area contributed by atoms with Crippen molar-refractivity contribution < 1.29 is 14.3 Å². The number of amides is 2. The molecule has 1 saturated carbocycles. The lowest BCUT2D eigenvalue weighted by molar-refractivity contribution is -0.142. The van der Waals surface area contributed by atoms with E-state index in [1.807, 2.05) is 63.2 Å². The monoisotopic (exact) mass is 422 g/mol. The molecule has 1 atom stereocenters. The lowest BCUT2D eigenvalue weighted by Gasteiger charge is -2.30. The number of carbonyl (C=O) groups excluding carboxylic acids is 2. The minimum Gasteiger partial charge on any atom is -0.483 e. The van der Waals surface area contributed by atoms with Crippen molar-refractivity contribution in [3.63, 3.8) is 0 Å². The number of carbonyl (C=O) groups is 2. The maximum absolute atomic E-state index is 13.2. The fourth-order valence-corrected chi connectivity index (χ4v) is 4.13. The molecule has 2 aromatic carbocycles. The zero-order chi connectivity index (χ0) is 22.4. The molecule has 1 aliphatic rings. The quantitative estimate of drug-likeness (QED) is 0.683. The minimum atomic E-state index is -0.574. The first-order valence-corrected chi connectivity index (χ1v) is 11.2. The fourth-order valence-electron chi connectivity index (χ4n) is 4.13. The molecule has 5 heteroatoms. The average molecular weight is 423 g/mol. The summed E-state index contributed by atoms with van der Waals surface area (Å²) in [5, 5.41) is 3.13. The molecule has 3 rings (SSSR count). The highest BCUT2D eigenvalue weighted by Crippen LogP contribution is 2.21. The highest BCUT2D eigenvalue weighted by molar-refractivity contribution is 5.88. The van der Waals surface area contributed by atoms with E-state index in [-0.39, 0.29) is 24.5 Å². The van der Waals surface area contributed by atoms with Gasteiger partial charge in [-0.2, -0.15) is 0 Å². The van der Waals surface area contributed by atoms with Crippen LogP contribution >= 0.6 is 0 Å². The predicted octanol–water partition coefficient (Wildman–Crippen LogP) is 4.47. The summed E-state index contributed by atoms with van der Waals surface area (Å²) in [5.41, 5.74) is 4.27. The van der Waals surface area contributed by atoms with Gasteiger partial charge in [-0.05, 0) is 63.3 Å². The number of benzene rings is 2. The molecular formula is C26H34N2O3. The van der Waals surface area contributed by atoms with Gasteiger partial charge in [0.2, 0.25) is 5.91 Å². The van der Waals surface area contributed by atoms with Crippen LogP contribution in [0, 0.1) is 20.8 Å². The smallest absolute Gasteiger partial charge is 0.261 e. The topological polar surface area (TPSA) is 58.6 Å². The van der Waals surface area contributed by atoms with Gasteiger partial charge in [0.25, 0.3) is 5.91 Å². The molecule has 2 aromatic rings. The Bertz CT molecular complexity index is 919. The van der Waals surface area contributed by atoms with Crippen LogP contribution in [0.1, 0.15) is 54.9 Å². The molecule has 1 aliphatic carbocycles. The third-order valence-corrected chi connectivity index (χ3v) is 6.15. The third kappa shape index (κ3) is 6.09. The minimum absolute atomic E-state index is 0.0969. The van der Waals surface area contributed by atoms with E-state index in [2.05, 4.69) is 5.32 Å². The van der Waals surface area contributed by atoms with Gasteiger partial charge in [0.1, 0.15) is 11.8 Å². The number of rotatable bonds is 8. The van der Waals surface area contributed by atoms with Gasteiger partial charge >= 0.3 is 0 Å². The number of hydrogen-bond acceptors (Lipinski definition) is 3. The van der Waals surface area contributed by atoms with Crippen molar-refractivity contribution >= 4 is 11.8 Å². The van der Waals surface area contributed by atoms with Crippen LogP contribution in [0.2, 0.25) is 0 Å². The molecule has 31 heavy (non-hydrogen) atoms. The molecule has 166 valence electrons. The van der Waals surface area contributed by atoms with E-state index >= 15 is 0 Å². The van der Waals surface area contributed by atoms with E-state index in [1.54, 1.807) is 11.8 Å². The van der Waals surface area contributed by atoms with E-state index in [0.717, 1.165) is 47.9 Å². The summed E-state index contributed by atoms with van der Waals surface area (Å²) < 4.78 is 5.84. The van der Waals surface area contributed by atoms with Gasteiger partial charge in [0, 0.05) is 12.6 Å². The number of nitrogens with one attached hydrogen (secondary N) is 1. The molecular weight excluding hydrogens is 388 g/mol. The Morgan fingerprint density at radius 3 is 2.45 bits per heavy atom. The second-order valence-electron chi connectivity index (χ2n) is 8.67. The second-order valence-corrected chi connectivity index (χ2v) is 8.67. The van der Waals surface area contributed by atoms with Crippen molar-refractivity contribution in [1.82, 2.24) is 10.2 Å². The van der Waals surface area contributed by atoms with E-state index < -0.39 is 6.04 Å². The van der Waals surface area contributed by atoms with Crippen molar-refractivity contribution in [3.05, 3.63) is 64.7 Å². The molecule has 0 spiro atoms. The third-order valence-electron chi connectivity index (χ3n) is 6.15. The van der Waals surface area contributed by atoms with Gasteiger partial charge < -0.3 is 15.0 Å². The van der Waals surface area contributed by atoms with Crippen LogP contribution in [0.5, 0.6) is 5.75 Å². The lowest BCUT2D eigenvalue weighted by Crippen LogP contribution is -2.50. The Morgan fingerprint density at radius 1 is 1.06 bits per heavy atom. The Morgan fingerprint density at radius 2 is 1.77 bits per heavy atom. The van der Waals surface area contributed by atoms with Gasteiger partial charge in [0.15, 0.2) is 6.61 Å². The highest BCUT2D eigenvalue weighted by atomic mass is 16.5. The molecule has 1 fully saturated rings. The summed E-state index contributed by atoms with van der Waals surface area (Å²) in [5.74, 6) is 0.399. The molecule has 5 nitrogen and oxygen atoms in total. The lowest BCUT2D eigenvalue weighted by atomic mass is 10.1. The SMILES string of the molecule is Cc1ccc(OCC(=O)N(Cc2ccccc2C)[C@H](C)C(=O)NC2CCCC2)c(C)c1. The van der Waals surface area contributed by atoms with Crippen LogP contribution in [0.25, 0.3) is 0 Å². The molecule has 0 aromatic heterocycles. The predicted molar refractivity (Wildman–Crippen MR) is 123 cm³/mol. The Hall–Kier alpha value is -2.82. The van der Waals surface area contributed by atoms with Crippen LogP contribution in [0.3, 0.4) is 0 Å². The molecule has 0 heterocycles. The molecule has 0 bridgehead atoms. The summed E-state index contributed by atoms with van der Waals surface area (Å²) in [6, 6.07) is 13.5. The van der Waals surface area contributed by atoms with Crippen LogP contribution in [-0.2, 0) is 16.1 Å². The summed E-state index contributed by atoms with van der Waals surface area (Å²) in [4.78, 5) is 27.8. The summed E-state index contributed by atoms with van der Waals surface area (Å²) in [6.45, 7) is 8.09. The first kappa shape index (κ1) is 22.9. The largest absolute Gasteiger partial charge is 0.483 e. The molecule has 0 saturated heterocycles. The van der Waals surface area contributed by atoms with Gasteiger partial charge in [-0.25, -0.2) is 0 Å². The van der Waals surface area contributed by atoms with Crippen molar-refractivity contribution in [2.45, 2.75) is 72.0 Å². The van der Waals surface area contributed by atoms with E-state index in [0.29, 0.717) is 12.3 Å². The zero-order valence-electron chi connectivity index (χ0n) is 19.1. The normalized spacial score (nSPS) is 14.8. The average Bonchev–Trinajstić information content (AvgIpc) is 3.25. The molecule has 0 radical (unpaired) electrons. The van der Waals surface area contributed by atoms with Crippen LogP contribution in [0.4, 0.5) is 0 Å². The first-order valence-electron chi connectivity index (χ1n) is 11.2. The summed E-state index contributed by atoms with van der Waals surface area (Å²) in [7, 11) is 0. The number of aryl methyl sites for hydroxylation is 3. The molecule has 0 aliphatic heterocycles. The van der Waals surface area contributed by atoms with Crippen molar-refractivity contribution in [1.29, 1.82) is 0 Å². The standard InChI is InChI=1S/C26H34N2O3/c1-18-13-14-24(20(3)15-18)31-17-25(29)28(16-22-10-6-5-9-19(22)2)21(4)26(30)27-23-11-7-8-12-23/h5-6,9-10,13-15,21,23H,7-8,11-12,16-17H2,1-4H3,(H,27,30)/t21-/m1/s1. The summed E-state index contributed by atoms with van der Waals surface area (Å²) in [6.07, 6.45) is 4.32. The zero-order valence-corrected chi connectivity index (χ0v) is 19.1. The van der Waals surface area contributed by atoms with Gasteiger partial charge in [-0.3, -0.25) is 9.59 Å². The Balaban J connectivity index is 1.74. The molecule has 2 amide bonds. The number of hydrogen-bond donors (Lipinski definition) is 1. The second kappa shape index (κ2) is 10.5. The summed E-state index contributed by atoms with van der Waals surface area (Å²) >= 11 is 0. The Labute approximate surface area is 185 Å². The van der Waals surface area contributed by atoms with Gasteiger partial charge in [0.05, 0.1) is 0 Å². The van der Waals surface area contributed by atoms with E-state index in [4.69, 9.17) is 4.74 Å². The maximum Gasteiger partial charge on any atom is 0.261 e. The van der Waals surface area contributed by atoms with Crippen LogP contribution < -0.4 is 10.1 Å². The number of ether oxygens (including phenoxy) is 1. The Kier molecular flexibility index (Phi) is 7.72. The van der Waals surface area contributed by atoms with Gasteiger partial charge in [-0.15, -0.1) is 0 Å². The maximum atomic E-state index is 13.2. The fraction of sp³-hybridized carbons (Fsp3) is 0.462. The van der Waals surface area contributed by atoms with Crippen LogP contribution in [0.15, 0.2) is 42.5 Å². The van der Waals surface area contributed by atoms with E-state index in [1.165, 1.54) is 0 Å². The molecule has 0 unspecified atom stereocenters. The van der Waals surface area contributed by atoms with Crippen molar-refractivity contribution in [3.8, 4) is 5.75 Å². The number of nitrogens with zero attached hydrogens (tertiary/aromatic N) is 1. The molecule has 1 N–H and O–H groups in total. The van der Waals surface area contributed by atoms with Gasteiger partial charge in [-0.1, -0.05) is 54.8 Å². The highest BCUT2D eigenvalue weighted by Gasteiger charge is 2.29. The van der Waals surface area contributed by atoms with Crippen molar-refractivity contribution in [2.75, 3.05) is 6.61 Å². The first-order chi connectivity index (χ1) is 14.8. The van der Waals surface area contributed by atoms with E-state index in [9.17, 15) is 9.59 Å². The van der Waals surface area contributed by atoms with Crippen LogP contribution in [-0.4, -0.2) is 35.4 Å².